The molecule has 0 radical (unpaired) electrons. The molecule has 4 nitrogen and oxygen atoms in total. The van der Waals surface area contributed by atoms with E-state index in [1.165, 1.54) is 19.3 Å². The van der Waals surface area contributed by atoms with E-state index in [1.807, 2.05) is 31.1 Å². The van der Waals surface area contributed by atoms with Crippen LogP contribution in [0.15, 0.2) is 18.2 Å². The van der Waals surface area contributed by atoms with Gasteiger partial charge in [-0.3, -0.25) is 4.79 Å². The predicted molar refractivity (Wildman–Crippen MR) is 79.5 cm³/mol. The Bertz CT molecular complexity index is 478. The van der Waals surface area contributed by atoms with Crippen LogP contribution in [0.1, 0.15) is 36.5 Å². The van der Waals surface area contributed by atoms with E-state index < -0.39 is 0 Å². The third-order valence-corrected chi connectivity index (χ3v) is 3.98. The van der Waals surface area contributed by atoms with Gasteiger partial charge in [0, 0.05) is 32.0 Å². The Hall–Kier alpha value is -1.71. The first kappa shape index (κ1) is 13.7. The number of hydrogen-bond acceptors (Lipinski definition) is 3. The first-order valence-electron chi connectivity index (χ1n) is 6.76. The summed E-state index contributed by atoms with van der Waals surface area (Å²) in [7, 11) is 3.85. The third-order valence-electron chi connectivity index (χ3n) is 3.98. The molecule has 1 aliphatic rings. The van der Waals surface area contributed by atoms with Crippen LogP contribution in [0, 0.1) is 5.41 Å². The van der Waals surface area contributed by atoms with Crippen LogP contribution in [0.3, 0.4) is 0 Å². The van der Waals surface area contributed by atoms with Gasteiger partial charge in [-0.2, -0.15) is 0 Å². The normalized spacial score (nSPS) is 16.6. The fourth-order valence-electron chi connectivity index (χ4n) is 2.47. The van der Waals surface area contributed by atoms with Gasteiger partial charge in [-0.1, -0.05) is 13.3 Å². The maximum absolute atomic E-state index is 12.3. The molecule has 19 heavy (non-hydrogen) atoms. The Morgan fingerprint density at radius 3 is 2.63 bits per heavy atom. The Labute approximate surface area is 115 Å². The highest BCUT2D eigenvalue weighted by Crippen LogP contribution is 2.39. The molecule has 0 aromatic heterocycles. The van der Waals surface area contributed by atoms with Gasteiger partial charge in [0.1, 0.15) is 0 Å². The lowest BCUT2D eigenvalue weighted by molar-refractivity contribution is 0.0891. The van der Waals surface area contributed by atoms with Crippen molar-refractivity contribution in [2.75, 3.05) is 31.3 Å². The second kappa shape index (κ2) is 5.11. The first-order valence-corrected chi connectivity index (χ1v) is 6.76. The van der Waals surface area contributed by atoms with Crippen molar-refractivity contribution in [1.82, 2.24) is 5.32 Å². The molecule has 3 N–H and O–H groups in total. The largest absolute Gasteiger partial charge is 0.399 e. The van der Waals surface area contributed by atoms with Gasteiger partial charge in [0.05, 0.1) is 5.56 Å². The van der Waals surface area contributed by atoms with Crippen LogP contribution in [0.2, 0.25) is 0 Å². The molecular weight excluding hydrogens is 238 g/mol. The Kier molecular flexibility index (Phi) is 3.69. The quantitative estimate of drug-likeness (QED) is 0.817. The van der Waals surface area contributed by atoms with E-state index in [0.29, 0.717) is 11.3 Å². The molecule has 0 aliphatic heterocycles. The van der Waals surface area contributed by atoms with Gasteiger partial charge < -0.3 is 16.0 Å². The minimum atomic E-state index is -0.0378. The van der Waals surface area contributed by atoms with Crippen LogP contribution < -0.4 is 16.0 Å². The van der Waals surface area contributed by atoms with E-state index in [0.717, 1.165) is 12.2 Å². The molecule has 0 atom stereocenters. The zero-order valence-corrected chi connectivity index (χ0v) is 12.0. The molecule has 1 amide bonds. The van der Waals surface area contributed by atoms with Gasteiger partial charge in [-0.05, 0) is 36.5 Å². The number of nitrogen functional groups attached to an aromatic ring is 1. The summed E-state index contributed by atoms with van der Waals surface area (Å²) in [5.74, 6) is -0.0378. The number of rotatable bonds is 4. The van der Waals surface area contributed by atoms with Gasteiger partial charge in [-0.15, -0.1) is 0 Å². The third kappa shape index (κ3) is 3.00. The summed E-state index contributed by atoms with van der Waals surface area (Å²) < 4.78 is 0. The van der Waals surface area contributed by atoms with E-state index in [-0.39, 0.29) is 11.3 Å². The molecule has 4 heteroatoms. The molecule has 0 bridgehead atoms. The summed E-state index contributed by atoms with van der Waals surface area (Å²) in [4.78, 5) is 14.2. The second-order valence-electron chi connectivity index (χ2n) is 6.02. The second-order valence-corrected chi connectivity index (χ2v) is 6.02. The van der Waals surface area contributed by atoms with E-state index in [9.17, 15) is 4.79 Å². The highest BCUT2D eigenvalue weighted by Gasteiger charge is 2.32. The lowest BCUT2D eigenvalue weighted by Crippen LogP contribution is -2.40. The van der Waals surface area contributed by atoms with Crippen molar-refractivity contribution in [3.63, 3.8) is 0 Å². The van der Waals surface area contributed by atoms with Crippen LogP contribution >= 0.6 is 0 Å². The summed E-state index contributed by atoms with van der Waals surface area (Å²) in [5.41, 5.74) is 8.23. The van der Waals surface area contributed by atoms with Crippen LogP contribution in [0.25, 0.3) is 0 Å². The molecule has 0 spiro atoms. The van der Waals surface area contributed by atoms with Gasteiger partial charge >= 0.3 is 0 Å². The van der Waals surface area contributed by atoms with E-state index in [2.05, 4.69) is 12.2 Å². The summed E-state index contributed by atoms with van der Waals surface area (Å²) in [6.07, 6.45) is 3.67. The van der Waals surface area contributed by atoms with Crippen molar-refractivity contribution in [3.05, 3.63) is 23.8 Å². The van der Waals surface area contributed by atoms with Gasteiger partial charge in [0.25, 0.3) is 5.91 Å². The number of nitrogens with one attached hydrogen (secondary N) is 1. The number of nitrogens with two attached hydrogens (primary N) is 1. The van der Waals surface area contributed by atoms with Crippen LogP contribution in [0.4, 0.5) is 11.4 Å². The van der Waals surface area contributed by atoms with Crippen molar-refractivity contribution in [2.45, 2.75) is 26.2 Å². The molecular formula is C15H23N3O. The number of amides is 1. The van der Waals surface area contributed by atoms with Gasteiger partial charge in [-0.25, -0.2) is 0 Å². The molecule has 0 saturated heterocycles. The standard InChI is InChI=1S/C15H23N3O/c1-15(7-4-8-15)10-17-14(19)12-9-11(16)5-6-13(12)18(2)3/h5-6,9H,4,7-8,10,16H2,1-3H3,(H,17,19). The van der Waals surface area contributed by atoms with E-state index >= 15 is 0 Å². The highest BCUT2D eigenvalue weighted by molar-refractivity contribution is 6.00. The Morgan fingerprint density at radius 1 is 1.42 bits per heavy atom. The van der Waals surface area contributed by atoms with Crippen molar-refractivity contribution in [2.24, 2.45) is 5.41 Å². The van der Waals surface area contributed by atoms with Gasteiger partial charge in [0.15, 0.2) is 0 Å². The molecule has 0 unspecified atom stereocenters. The fraction of sp³-hybridized carbons (Fsp3) is 0.533. The van der Waals surface area contributed by atoms with E-state index in [1.54, 1.807) is 6.07 Å². The first-order chi connectivity index (χ1) is 8.91. The average molecular weight is 261 g/mol. The summed E-state index contributed by atoms with van der Waals surface area (Å²) in [5, 5.41) is 3.04. The molecule has 2 rings (SSSR count). The van der Waals surface area contributed by atoms with Crippen LogP contribution in [0.5, 0.6) is 0 Å². The molecule has 1 saturated carbocycles. The summed E-state index contributed by atoms with van der Waals surface area (Å²) in [6, 6.07) is 5.45. The maximum atomic E-state index is 12.3. The fourth-order valence-corrected chi connectivity index (χ4v) is 2.47. The Balaban J connectivity index is 2.11. The van der Waals surface area contributed by atoms with Crippen LogP contribution in [-0.4, -0.2) is 26.5 Å². The molecule has 1 fully saturated rings. The highest BCUT2D eigenvalue weighted by atomic mass is 16.1. The number of benzene rings is 1. The number of carbonyl (C=O) groups excluding carboxylic acids is 1. The van der Waals surface area contributed by atoms with Gasteiger partial charge in [0.2, 0.25) is 0 Å². The SMILES string of the molecule is CN(C)c1ccc(N)cc1C(=O)NCC1(C)CCC1. The summed E-state index contributed by atoms with van der Waals surface area (Å²) in [6.45, 7) is 2.97. The van der Waals surface area contributed by atoms with Crippen molar-refractivity contribution < 1.29 is 4.79 Å². The van der Waals surface area contributed by atoms with Crippen LogP contribution in [-0.2, 0) is 0 Å². The molecule has 104 valence electrons. The smallest absolute Gasteiger partial charge is 0.253 e. The van der Waals surface area contributed by atoms with Crippen molar-refractivity contribution >= 4 is 17.3 Å². The molecule has 0 heterocycles. The zero-order chi connectivity index (χ0) is 14.0. The monoisotopic (exact) mass is 261 g/mol. The van der Waals surface area contributed by atoms with Crippen molar-refractivity contribution in [1.29, 1.82) is 0 Å². The lowest BCUT2D eigenvalue weighted by Gasteiger charge is -2.38. The molecule has 1 aromatic carbocycles. The molecule has 1 aliphatic carbocycles. The summed E-state index contributed by atoms with van der Waals surface area (Å²) >= 11 is 0. The zero-order valence-electron chi connectivity index (χ0n) is 12.0. The topological polar surface area (TPSA) is 58.4 Å². The Morgan fingerprint density at radius 2 is 2.11 bits per heavy atom. The predicted octanol–water partition coefficient (Wildman–Crippen LogP) is 2.25. The number of hydrogen-bond donors (Lipinski definition) is 2. The lowest BCUT2D eigenvalue weighted by atomic mass is 9.70. The number of nitrogens with zero attached hydrogens (tertiary/aromatic N) is 1. The minimum absolute atomic E-state index is 0.0378. The minimum Gasteiger partial charge on any atom is -0.399 e. The number of anilines is 2. The van der Waals surface area contributed by atoms with E-state index in [4.69, 9.17) is 5.73 Å². The average Bonchev–Trinajstić information content (AvgIpc) is 2.33. The van der Waals surface area contributed by atoms with Crippen molar-refractivity contribution in [3.8, 4) is 0 Å². The maximum Gasteiger partial charge on any atom is 0.253 e. The number of carbonyl (C=O) groups is 1. The molecule has 1 aromatic rings.